The Hall–Kier alpha value is -3.70. The predicted octanol–water partition coefficient (Wildman–Crippen LogP) is 10.8. The third-order valence-corrected chi connectivity index (χ3v) is 8.35. The van der Waals surface area contributed by atoms with Crippen LogP contribution in [0.2, 0.25) is 0 Å². The van der Waals surface area contributed by atoms with Crippen molar-refractivity contribution in [1.82, 2.24) is 15.0 Å². The van der Waals surface area contributed by atoms with E-state index in [4.69, 9.17) is 16.3 Å². The molecule has 4 heterocycles. The van der Waals surface area contributed by atoms with Crippen molar-refractivity contribution in [2.24, 2.45) is 5.41 Å². The Morgan fingerprint density at radius 1 is 0.889 bits per heavy atom. The van der Waals surface area contributed by atoms with Crippen molar-refractivity contribution in [2.45, 2.75) is 60.2 Å². The maximum atomic E-state index is 8.82. The first-order valence-corrected chi connectivity index (χ1v) is 15.3. The summed E-state index contributed by atoms with van der Waals surface area (Å²) in [5.41, 5.74) is 4.26. The Balaban J connectivity index is 0.000000315. The van der Waals surface area contributed by atoms with E-state index in [-0.39, 0.29) is 36.6 Å². The molecule has 0 amide bonds. The molecule has 6 heteroatoms. The summed E-state index contributed by atoms with van der Waals surface area (Å²) in [6.07, 6.45) is 1.14. The van der Waals surface area contributed by atoms with Crippen molar-refractivity contribution in [3.8, 4) is 22.5 Å². The average Bonchev–Trinajstić information content (AvgIpc) is 3.64. The first-order chi connectivity index (χ1) is 22.9. The molecule has 0 aliphatic heterocycles. The Bertz CT molecular complexity index is 2230. The number of furan rings is 1. The molecule has 231 valence electrons. The largest absolute Gasteiger partial charge is 0.501 e. The molecule has 3 aromatic carbocycles. The van der Waals surface area contributed by atoms with E-state index in [2.05, 4.69) is 48.9 Å². The molecule has 0 aliphatic rings. The van der Waals surface area contributed by atoms with Gasteiger partial charge in [0.05, 0.1) is 20.8 Å². The fourth-order valence-electron chi connectivity index (χ4n) is 4.85. The van der Waals surface area contributed by atoms with Gasteiger partial charge in [-0.25, -0.2) is 4.98 Å². The molecule has 7 rings (SSSR count). The number of aromatic nitrogens is 3. The van der Waals surface area contributed by atoms with Gasteiger partial charge in [-0.2, -0.15) is 0 Å². The van der Waals surface area contributed by atoms with Gasteiger partial charge in [0.15, 0.2) is 0 Å². The van der Waals surface area contributed by atoms with E-state index in [0.717, 1.165) is 37.3 Å². The first kappa shape index (κ1) is 26.5. The molecule has 7 aromatic rings. The predicted molar refractivity (Wildman–Crippen MR) is 184 cm³/mol. The third-order valence-electron chi connectivity index (χ3n) is 6.90. The zero-order valence-electron chi connectivity index (χ0n) is 31.1. The molecule has 4 nitrogen and oxygen atoms in total. The van der Waals surface area contributed by atoms with Crippen LogP contribution in [0, 0.1) is 24.4 Å². The second kappa shape index (κ2) is 13.0. The molecular weight excluding hydrogens is 751 g/mol. The molecule has 0 saturated heterocycles. The van der Waals surface area contributed by atoms with Crippen LogP contribution in [0.5, 0.6) is 0 Å². The molecule has 1 radical (unpaired) electrons. The van der Waals surface area contributed by atoms with Gasteiger partial charge in [-0.3, -0.25) is 0 Å². The van der Waals surface area contributed by atoms with Crippen molar-refractivity contribution in [2.75, 3.05) is 0 Å². The van der Waals surface area contributed by atoms with Crippen molar-refractivity contribution in [3.63, 3.8) is 0 Å². The van der Waals surface area contributed by atoms with E-state index in [1.165, 1.54) is 6.20 Å². The van der Waals surface area contributed by atoms with Gasteiger partial charge in [0.2, 0.25) is 0 Å². The number of nitrogens with zero attached hydrogens (tertiary/aromatic N) is 3. The first-order valence-electron chi connectivity index (χ1n) is 17.0. The molecule has 0 unspecified atom stereocenters. The quantitative estimate of drug-likeness (QED) is 0.167. The summed E-state index contributed by atoms with van der Waals surface area (Å²) in [4.78, 5) is 13.5. The minimum atomic E-state index is -2.50. The Morgan fingerprint density at radius 3 is 2.40 bits per heavy atom. The molecule has 0 fully saturated rings. The van der Waals surface area contributed by atoms with Gasteiger partial charge >= 0.3 is 0 Å². The molecule has 0 N–H and O–H groups in total. The maximum Gasteiger partial charge on any atom is 0.123 e. The third kappa shape index (κ3) is 7.25. The van der Waals surface area contributed by atoms with Crippen LogP contribution in [-0.2, 0) is 31.9 Å². The summed E-state index contributed by atoms with van der Waals surface area (Å²) in [7, 11) is 0. The van der Waals surface area contributed by atoms with Crippen LogP contribution in [0.15, 0.2) is 89.6 Å². The second-order valence-electron chi connectivity index (χ2n) is 12.8. The molecule has 0 atom stereocenters. The minimum absolute atomic E-state index is 0. The normalized spacial score (nSPS) is 14.0. The molecule has 4 aromatic heterocycles. The van der Waals surface area contributed by atoms with Gasteiger partial charge in [0.25, 0.3) is 0 Å². The Morgan fingerprint density at radius 2 is 1.71 bits per heavy atom. The van der Waals surface area contributed by atoms with E-state index in [1.807, 2.05) is 54.6 Å². The van der Waals surface area contributed by atoms with Crippen LogP contribution >= 0.6 is 11.3 Å². The number of benzene rings is 3. The molecule has 0 saturated carbocycles. The van der Waals surface area contributed by atoms with E-state index in [1.54, 1.807) is 50.4 Å². The van der Waals surface area contributed by atoms with Crippen molar-refractivity contribution >= 4 is 43.5 Å². The number of aryl methyl sites for hydroxylation is 1. The summed E-state index contributed by atoms with van der Waals surface area (Å²) in [5.74, 6) is 0. The molecular formula is C39H37IrN3OS-2. The second-order valence-corrected chi connectivity index (χ2v) is 13.8. The van der Waals surface area contributed by atoms with Gasteiger partial charge in [-0.1, -0.05) is 76.3 Å². The fraction of sp³-hybridized carbons (Fsp3) is 0.256. The van der Waals surface area contributed by atoms with Gasteiger partial charge in [0, 0.05) is 56.2 Å². The fourth-order valence-corrected chi connectivity index (χ4v) is 5.89. The summed E-state index contributed by atoms with van der Waals surface area (Å²) in [6, 6.07) is 29.3. The molecule has 0 bridgehead atoms. The van der Waals surface area contributed by atoms with Crippen molar-refractivity contribution in [3.05, 3.63) is 113 Å². The molecule has 45 heavy (non-hydrogen) atoms. The van der Waals surface area contributed by atoms with E-state index < -0.39 is 18.6 Å². The van der Waals surface area contributed by atoms with Crippen LogP contribution < -0.4 is 0 Å². The molecule has 0 spiro atoms. The van der Waals surface area contributed by atoms with Crippen molar-refractivity contribution in [1.29, 1.82) is 0 Å². The van der Waals surface area contributed by atoms with Gasteiger partial charge in [-0.15, -0.1) is 65.4 Å². The number of pyridine rings is 2. The summed E-state index contributed by atoms with van der Waals surface area (Å²) in [6.45, 7) is 9.21. The monoisotopic (exact) mass is 793 g/mol. The number of thiazole rings is 1. The van der Waals surface area contributed by atoms with Gasteiger partial charge < -0.3 is 14.4 Å². The van der Waals surface area contributed by atoms with Gasteiger partial charge in [-0.05, 0) is 47.7 Å². The standard InChI is InChI=1S/C28H29N2OS.C11H8N.Ir/c1-16-15-29-21(11-17(16)14-27(2,3)4)19-10-8-9-18-20-12-24-22(13-23(20)31-25(18)19)30-26(32-24)28(5,6)7;1-2-6-10(7-3-1)11-8-4-5-9-12-11;/h8-9,11-13,15H,14H2,1-7H3;1-6,8-9H;/q2*-1;/i1D3,14D2;;. The van der Waals surface area contributed by atoms with Crippen LogP contribution in [0.25, 0.3) is 54.7 Å². The Kier molecular flexibility index (Phi) is 7.64. The number of fused-ring (bicyclic) bond motifs is 4. The topological polar surface area (TPSA) is 51.8 Å². The van der Waals surface area contributed by atoms with Gasteiger partial charge in [0.1, 0.15) is 5.58 Å². The SMILES string of the molecule is [2H]C([2H])([2H])c1cnc(-c2[c-]ccc3c2oc2cc4nc(C(C)(C)C)sc4cc23)cc1C([2H])([2H])C(C)(C)C.[Ir].[c-]1ccccc1-c1ccccn1. The summed E-state index contributed by atoms with van der Waals surface area (Å²) >= 11 is 1.67. The van der Waals surface area contributed by atoms with E-state index in [9.17, 15) is 0 Å². The van der Waals surface area contributed by atoms with Crippen molar-refractivity contribution < 1.29 is 31.4 Å². The summed E-state index contributed by atoms with van der Waals surface area (Å²) < 4.78 is 49.0. The number of hydrogen-bond acceptors (Lipinski definition) is 5. The van der Waals surface area contributed by atoms with Crippen LogP contribution in [-0.4, -0.2) is 15.0 Å². The van der Waals surface area contributed by atoms with Crippen LogP contribution in [0.3, 0.4) is 0 Å². The maximum absolute atomic E-state index is 8.82. The van der Waals surface area contributed by atoms with E-state index in [0.29, 0.717) is 22.4 Å². The summed E-state index contributed by atoms with van der Waals surface area (Å²) in [5, 5.41) is 2.90. The smallest absolute Gasteiger partial charge is 0.123 e. The van der Waals surface area contributed by atoms with Crippen LogP contribution in [0.4, 0.5) is 0 Å². The average molecular weight is 793 g/mol. The minimum Gasteiger partial charge on any atom is -0.501 e. The van der Waals surface area contributed by atoms with E-state index >= 15 is 0 Å². The zero-order chi connectivity index (χ0) is 35.4. The van der Waals surface area contributed by atoms with Crippen LogP contribution in [0.1, 0.15) is 64.5 Å². The molecule has 0 aliphatic carbocycles. The zero-order valence-corrected chi connectivity index (χ0v) is 29.3. The number of hydrogen-bond donors (Lipinski definition) is 0. The Labute approximate surface area is 290 Å². The number of rotatable bonds is 3.